The zero-order valence-corrected chi connectivity index (χ0v) is 13.8. The summed E-state index contributed by atoms with van der Waals surface area (Å²) in [5, 5.41) is 4.10. The molecule has 1 unspecified atom stereocenters. The van der Waals surface area contributed by atoms with E-state index in [-0.39, 0.29) is 6.04 Å². The molecule has 0 aliphatic carbocycles. The molecule has 1 N–H and O–H groups in total. The fraction of sp³-hybridized carbons (Fsp3) is 0.250. The van der Waals surface area contributed by atoms with Gasteiger partial charge in [-0.2, -0.15) is 0 Å². The number of hydrogen-bond donors (Lipinski definition) is 1. The van der Waals surface area contributed by atoms with Crippen LogP contribution < -0.4 is 10.1 Å². The minimum Gasteiger partial charge on any atom is -0.497 e. The van der Waals surface area contributed by atoms with Gasteiger partial charge in [0.2, 0.25) is 0 Å². The molecule has 0 bridgehead atoms. The second kappa shape index (κ2) is 7.11. The number of hydrogen-bond acceptors (Lipinski definition) is 2. The summed E-state index contributed by atoms with van der Waals surface area (Å²) in [7, 11) is 3.62. The van der Waals surface area contributed by atoms with Crippen LogP contribution in [0, 0.1) is 0 Å². The summed E-state index contributed by atoms with van der Waals surface area (Å²) >= 11 is 9.76. The van der Waals surface area contributed by atoms with Crippen LogP contribution in [0.2, 0.25) is 5.02 Å². The Hall–Kier alpha value is -1.03. The zero-order valence-electron chi connectivity index (χ0n) is 11.5. The van der Waals surface area contributed by atoms with E-state index in [2.05, 4.69) is 39.4 Å². The van der Waals surface area contributed by atoms with Crippen molar-refractivity contribution in [2.75, 3.05) is 14.2 Å². The van der Waals surface area contributed by atoms with Crippen molar-refractivity contribution in [2.24, 2.45) is 0 Å². The summed E-state index contributed by atoms with van der Waals surface area (Å²) in [4.78, 5) is 0. The maximum atomic E-state index is 6.33. The third-order valence-electron chi connectivity index (χ3n) is 3.29. The molecule has 0 spiro atoms. The fourth-order valence-corrected chi connectivity index (χ4v) is 2.95. The molecule has 0 aromatic heterocycles. The van der Waals surface area contributed by atoms with Gasteiger partial charge < -0.3 is 10.1 Å². The molecular formula is C16H17BrClNO. The van der Waals surface area contributed by atoms with Gasteiger partial charge in [-0.3, -0.25) is 0 Å². The fourth-order valence-electron chi connectivity index (χ4n) is 2.15. The van der Waals surface area contributed by atoms with Gasteiger partial charge in [0, 0.05) is 15.5 Å². The third-order valence-corrected chi connectivity index (χ3v) is 4.11. The highest BCUT2D eigenvalue weighted by atomic mass is 79.9. The molecule has 0 aliphatic rings. The van der Waals surface area contributed by atoms with Crippen molar-refractivity contribution in [2.45, 2.75) is 12.5 Å². The Bertz CT molecular complexity index is 571. The summed E-state index contributed by atoms with van der Waals surface area (Å²) in [5.41, 5.74) is 2.34. The SMILES string of the molecule is CNC(Cc1ccc(OC)cc1)c1ccc(Br)cc1Cl. The van der Waals surface area contributed by atoms with Crippen molar-refractivity contribution in [3.05, 3.63) is 63.1 Å². The number of halogens is 2. The summed E-state index contributed by atoms with van der Waals surface area (Å²) in [6, 6.07) is 14.3. The van der Waals surface area contributed by atoms with Gasteiger partial charge in [-0.05, 0) is 48.9 Å². The average Bonchev–Trinajstić information content (AvgIpc) is 2.46. The predicted octanol–water partition coefficient (Wildman–Crippen LogP) is 4.61. The maximum absolute atomic E-state index is 6.33. The van der Waals surface area contributed by atoms with Gasteiger partial charge >= 0.3 is 0 Å². The zero-order chi connectivity index (χ0) is 14.5. The van der Waals surface area contributed by atoms with Crippen molar-refractivity contribution >= 4 is 27.5 Å². The van der Waals surface area contributed by atoms with E-state index in [1.54, 1.807) is 7.11 Å². The minimum atomic E-state index is 0.184. The van der Waals surface area contributed by atoms with E-state index in [1.165, 1.54) is 5.56 Å². The number of likely N-dealkylation sites (N-methyl/N-ethyl adjacent to an activating group) is 1. The van der Waals surface area contributed by atoms with Crippen molar-refractivity contribution in [1.82, 2.24) is 5.32 Å². The summed E-state index contributed by atoms with van der Waals surface area (Å²) in [5.74, 6) is 0.872. The van der Waals surface area contributed by atoms with E-state index >= 15 is 0 Å². The van der Waals surface area contributed by atoms with Crippen LogP contribution in [0.15, 0.2) is 46.9 Å². The molecule has 0 amide bonds. The maximum Gasteiger partial charge on any atom is 0.118 e. The lowest BCUT2D eigenvalue weighted by Crippen LogP contribution is -2.19. The van der Waals surface area contributed by atoms with E-state index in [0.717, 1.165) is 27.2 Å². The highest BCUT2D eigenvalue weighted by molar-refractivity contribution is 9.10. The standard InChI is InChI=1S/C16H17BrClNO/c1-19-16(14-8-5-12(17)10-15(14)18)9-11-3-6-13(20-2)7-4-11/h3-8,10,16,19H,9H2,1-2H3. The lowest BCUT2D eigenvalue weighted by atomic mass is 9.99. The van der Waals surface area contributed by atoms with E-state index in [9.17, 15) is 0 Å². The number of rotatable bonds is 5. The Morgan fingerprint density at radius 2 is 1.90 bits per heavy atom. The van der Waals surface area contributed by atoms with Crippen LogP contribution >= 0.6 is 27.5 Å². The Balaban J connectivity index is 2.19. The molecule has 20 heavy (non-hydrogen) atoms. The van der Waals surface area contributed by atoms with Gasteiger partial charge in [0.25, 0.3) is 0 Å². The van der Waals surface area contributed by atoms with Crippen LogP contribution in [0.3, 0.4) is 0 Å². The van der Waals surface area contributed by atoms with Crippen molar-refractivity contribution in [3.63, 3.8) is 0 Å². The Kier molecular flexibility index (Phi) is 5.46. The molecule has 0 fully saturated rings. The number of benzene rings is 2. The molecule has 106 valence electrons. The van der Waals surface area contributed by atoms with Crippen molar-refractivity contribution in [1.29, 1.82) is 0 Å². The van der Waals surface area contributed by atoms with Crippen LogP contribution in [-0.4, -0.2) is 14.2 Å². The Morgan fingerprint density at radius 1 is 1.20 bits per heavy atom. The molecule has 2 aromatic rings. The van der Waals surface area contributed by atoms with Crippen molar-refractivity contribution in [3.8, 4) is 5.75 Å². The van der Waals surface area contributed by atoms with Crippen LogP contribution in [0.25, 0.3) is 0 Å². The molecule has 0 radical (unpaired) electrons. The van der Waals surface area contributed by atoms with Crippen LogP contribution in [-0.2, 0) is 6.42 Å². The Morgan fingerprint density at radius 3 is 2.45 bits per heavy atom. The van der Waals surface area contributed by atoms with E-state index in [4.69, 9.17) is 16.3 Å². The molecule has 0 aliphatic heterocycles. The van der Waals surface area contributed by atoms with E-state index in [0.29, 0.717) is 0 Å². The predicted molar refractivity (Wildman–Crippen MR) is 87.7 cm³/mol. The van der Waals surface area contributed by atoms with E-state index < -0.39 is 0 Å². The molecular weight excluding hydrogens is 338 g/mol. The topological polar surface area (TPSA) is 21.3 Å². The lowest BCUT2D eigenvalue weighted by molar-refractivity contribution is 0.414. The molecule has 2 rings (SSSR count). The lowest BCUT2D eigenvalue weighted by Gasteiger charge is -2.18. The second-order valence-electron chi connectivity index (χ2n) is 4.56. The Labute approximate surface area is 133 Å². The first kappa shape index (κ1) is 15.4. The smallest absolute Gasteiger partial charge is 0.118 e. The minimum absolute atomic E-state index is 0.184. The van der Waals surface area contributed by atoms with Crippen LogP contribution in [0.4, 0.5) is 0 Å². The first-order valence-electron chi connectivity index (χ1n) is 6.39. The summed E-state index contributed by atoms with van der Waals surface area (Å²) < 4.78 is 6.17. The quantitative estimate of drug-likeness (QED) is 0.846. The van der Waals surface area contributed by atoms with Gasteiger partial charge in [0.05, 0.1) is 7.11 Å². The highest BCUT2D eigenvalue weighted by Crippen LogP contribution is 2.28. The van der Waals surface area contributed by atoms with Gasteiger partial charge in [-0.1, -0.05) is 45.7 Å². The molecule has 2 nitrogen and oxygen atoms in total. The monoisotopic (exact) mass is 353 g/mol. The largest absolute Gasteiger partial charge is 0.497 e. The normalized spacial score (nSPS) is 12.2. The first-order valence-corrected chi connectivity index (χ1v) is 7.56. The summed E-state index contributed by atoms with van der Waals surface area (Å²) in [6.07, 6.45) is 0.877. The number of nitrogens with one attached hydrogen (secondary N) is 1. The summed E-state index contributed by atoms with van der Waals surface area (Å²) in [6.45, 7) is 0. The van der Waals surface area contributed by atoms with Crippen molar-refractivity contribution < 1.29 is 4.74 Å². The number of ether oxygens (including phenoxy) is 1. The van der Waals surface area contributed by atoms with Crippen LogP contribution in [0.5, 0.6) is 5.75 Å². The third kappa shape index (κ3) is 3.75. The molecule has 1 atom stereocenters. The van der Waals surface area contributed by atoms with Gasteiger partial charge in [0.1, 0.15) is 5.75 Å². The van der Waals surface area contributed by atoms with Gasteiger partial charge in [-0.15, -0.1) is 0 Å². The molecule has 0 saturated heterocycles. The number of methoxy groups -OCH3 is 1. The highest BCUT2D eigenvalue weighted by Gasteiger charge is 2.13. The molecule has 4 heteroatoms. The van der Waals surface area contributed by atoms with Gasteiger partial charge in [-0.25, -0.2) is 0 Å². The average molecular weight is 355 g/mol. The first-order chi connectivity index (χ1) is 9.63. The molecule has 0 saturated carbocycles. The van der Waals surface area contributed by atoms with E-state index in [1.807, 2.05) is 31.3 Å². The van der Waals surface area contributed by atoms with Gasteiger partial charge in [0.15, 0.2) is 0 Å². The molecule has 2 aromatic carbocycles. The second-order valence-corrected chi connectivity index (χ2v) is 5.88. The van der Waals surface area contributed by atoms with Crippen LogP contribution in [0.1, 0.15) is 17.2 Å². The molecule has 0 heterocycles.